The van der Waals surface area contributed by atoms with Crippen molar-refractivity contribution in [2.45, 2.75) is 24.8 Å². The molecule has 0 atom stereocenters. The molecule has 0 unspecified atom stereocenters. The van der Waals surface area contributed by atoms with E-state index in [2.05, 4.69) is 0 Å². The molecule has 2 N–H and O–H groups in total. The number of carbonyl (C=O) groups is 1. The van der Waals surface area contributed by atoms with Gasteiger partial charge >= 0.3 is 5.97 Å². The van der Waals surface area contributed by atoms with Crippen LogP contribution in [0.15, 0.2) is 10.3 Å². The second-order valence-electron chi connectivity index (χ2n) is 3.24. The molecule has 0 saturated heterocycles. The largest absolute Gasteiger partial charge is 0.459 e. The van der Waals surface area contributed by atoms with Crippen molar-refractivity contribution >= 4 is 38.9 Å². The summed E-state index contributed by atoms with van der Waals surface area (Å²) in [5.74, 6) is -0.740. The van der Waals surface area contributed by atoms with Crippen LogP contribution in [-0.2, 0) is 14.8 Å². The summed E-state index contributed by atoms with van der Waals surface area (Å²) < 4.78 is 27.3. The maximum atomic E-state index is 11.5. The van der Waals surface area contributed by atoms with Crippen LogP contribution >= 0.6 is 22.9 Å². The van der Waals surface area contributed by atoms with E-state index in [9.17, 15) is 13.2 Å². The van der Waals surface area contributed by atoms with Crippen LogP contribution in [0.25, 0.3) is 0 Å². The lowest BCUT2D eigenvalue weighted by atomic mass is 10.4. The molecule has 0 radical (unpaired) electrons. The number of esters is 1. The van der Waals surface area contributed by atoms with E-state index in [-0.39, 0.29) is 20.9 Å². The smallest absolute Gasteiger partial charge is 0.350 e. The van der Waals surface area contributed by atoms with Crippen LogP contribution < -0.4 is 5.14 Å². The van der Waals surface area contributed by atoms with Crippen LogP contribution in [0.2, 0.25) is 5.02 Å². The SMILES string of the molecule is CC(C)OC(=O)c1scc(Cl)c1S(N)(=O)=O. The highest BCUT2D eigenvalue weighted by Crippen LogP contribution is 2.31. The fourth-order valence-electron chi connectivity index (χ4n) is 1.000. The van der Waals surface area contributed by atoms with E-state index in [1.807, 2.05) is 0 Å². The van der Waals surface area contributed by atoms with Crippen molar-refractivity contribution in [1.29, 1.82) is 0 Å². The zero-order valence-corrected chi connectivity index (χ0v) is 10.9. The lowest BCUT2D eigenvalue weighted by molar-refractivity contribution is 0.0379. The lowest BCUT2D eigenvalue weighted by Crippen LogP contribution is -2.18. The van der Waals surface area contributed by atoms with Crippen molar-refractivity contribution < 1.29 is 17.9 Å². The van der Waals surface area contributed by atoms with E-state index < -0.39 is 16.0 Å². The minimum atomic E-state index is -4.02. The number of halogens is 1. The molecule has 0 aliphatic heterocycles. The Kier molecular flexibility index (Phi) is 3.95. The predicted octanol–water partition coefficient (Wildman–Crippen LogP) is 1.61. The molecule has 0 aliphatic rings. The van der Waals surface area contributed by atoms with Gasteiger partial charge in [0.25, 0.3) is 0 Å². The van der Waals surface area contributed by atoms with Crippen molar-refractivity contribution in [1.82, 2.24) is 0 Å². The van der Waals surface area contributed by atoms with Crippen LogP contribution in [0, 0.1) is 0 Å². The van der Waals surface area contributed by atoms with Gasteiger partial charge in [-0.15, -0.1) is 11.3 Å². The van der Waals surface area contributed by atoms with E-state index in [0.29, 0.717) is 0 Å². The first-order valence-corrected chi connectivity index (χ1v) is 7.04. The highest BCUT2D eigenvalue weighted by Gasteiger charge is 2.26. The van der Waals surface area contributed by atoms with Gasteiger partial charge in [0, 0.05) is 5.38 Å². The minimum Gasteiger partial charge on any atom is -0.459 e. The summed E-state index contributed by atoms with van der Waals surface area (Å²) in [6.07, 6.45) is -0.346. The molecule has 5 nitrogen and oxygen atoms in total. The number of nitrogens with two attached hydrogens (primary N) is 1. The molecule has 1 heterocycles. The summed E-state index contributed by atoms with van der Waals surface area (Å²) in [6.45, 7) is 3.31. The number of carbonyl (C=O) groups excluding carboxylic acids is 1. The number of ether oxygens (including phenoxy) is 1. The zero-order valence-electron chi connectivity index (χ0n) is 8.56. The third-order valence-electron chi connectivity index (χ3n) is 1.52. The molecule has 8 heteroatoms. The summed E-state index contributed by atoms with van der Waals surface area (Å²) in [7, 11) is -4.02. The van der Waals surface area contributed by atoms with Crippen LogP contribution in [-0.4, -0.2) is 20.5 Å². The molecular weight excluding hydrogens is 274 g/mol. The fraction of sp³-hybridized carbons (Fsp3) is 0.375. The third-order valence-corrected chi connectivity index (χ3v) is 4.14. The van der Waals surface area contributed by atoms with E-state index in [1.54, 1.807) is 13.8 Å². The van der Waals surface area contributed by atoms with E-state index in [1.165, 1.54) is 5.38 Å². The molecule has 0 aromatic carbocycles. The maximum absolute atomic E-state index is 11.5. The first-order valence-electron chi connectivity index (χ1n) is 4.24. The van der Waals surface area contributed by atoms with Crippen molar-refractivity contribution in [2.75, 3.05) is 0 Å². The standard InChI is InChI=1S/C8H10ClNO4S2/c1-4(2)14-8(11)6-7(16(10,12)13)5(9)3-15-6/h3-4H,1-2H3,(H2,10,12,13). The Balaban J connectivity index is 3.22. The summed E-state index contributed by atoms with van der Waals surface area (Å²) in [4.78, 5) is 11.1. The molecule has 1 aromatic heterocycles. The van der Waals surface area contributed by atoms with Crippen molar-refractivity contribution in [3.05, 3.63) is 15.3 Å². The van der Waals surface area contributed by atoms with Gasteiger partial charge in [0.05, 0.1) is 11.1 Å². The normalized spacial score (nSPS) is 11.8. The zero-order chi connectivity index (χ0) is 12.5. The van der Waals surface area contributed by atoms with Gasteiger partial charge < -0.3 is 4.74 Å². The van der Waals surface area contributed by atoms with Gasteiger partial charge in [-0.1, -0.05) is 11.6 Å². The second kappa shape index (κ2) is 4.70. The highest BCUT2D eigenvalue weighted by atomic mass is 35.5. The van der Waals surface area contributed by atoms with E-state index in [4.69, 9.17) is 21.5 Å². The molecule has 16 heavy (non-hydrogen) atoms. The minimum absolute atomic E-state index is 0.0665. The van der Waals surface area contributed by atoms with Crippen molar-refractivity contribution in [2.24, 2.45) is 5.14 Å². The average Bonchev–Trinajstić information content (AvgIpc) is 2.44. The first kappa shape index (κ1) is 13.4. The molecule has 0 fully saturated rings. The molecule has 0 bridgehead atoms. The number of hydrogen-bond donors (Lipinski definition) is 1. The molecule has 0 spiro atoms. The third kappa shape index (κ3) is 2.94. The number of primary sulfonamides is 1. The number of sulfonamides is 1. The molecule has 90 valence electrons. The number of thiophene rings is 1. The quantitative estimate of drug-likeness (QED) is 0.854. The molecular formula is C8H10ClNO4S2. The first-order chi connectivity index (χ1) is 7.23. The molecule has 0 aliphatic carbocycles. The van der Waals surface area contributed by atoms with Gasteiger partial charge in [-0.05, 0) is 13.8 Å². The Bertz CT molecular complexity index is 506. The summed E-state index contributed by atoms with van der Waals surface area (Å²) in [6, 6.07) is 0. The van der Waals surface area contributed by atoms with Crippen LogP contribution in [0.5, 0.6) is 0 Å². The van der Waals surface area contributed by atoms with Gasteiger partial charge in [0.15, 0.2) is 0 Å². The van der Waals surface area contributed by atoms with Crippen molar-refractivity contribution in [3.8, 4) is 0 Å². The maximum Gasteiger partial charge on any atom is 0.350 e. The summed E-state index contributed by atoms with van der Waals surface area (Å²) >= 11 is 6.54. The Morgan fingerprint density at radius 3 is 2.56 bits per heavy atom. The van der Waals surface area contributed by atoms with Crippen LogP contribution in [0.1, 0.15) is 23.5 Å². The molecule has 0 saturated carbocycles. The lowest BCUT2D eigenvalue weighted by Gasteiger charge is -2.07. The molecule has 0 amide bonds. The Morgan fingerprint density at radius 1 is 1.56 bits per heavy atom. The Labute approximate surface area is 102 Å². The number of rotatable bonds is 3. The fourth-order valence-corrected chi connectivity index (χ4v) is 3.55. The van der Waals surface area contributed by atoms with Crippen LogP contribution in [0.4, 0.5) is 0 Å². The monoisotopic (exact) mass is 283 g/mol. The van der Waals surface area contributed by atoms with Gasteiger partial charge in [-0.25, -0.2) is 18.4 Å². The predicted molar refractivity (Wildman–Crippen MR) is 61.3 cm³/mol. The van der Waals surface area contributed by atoms with Gasteiger partial charge in [0.1, 0.15) is 9.77 Å². The summed E-state index contributed by atoms with van der Waals surface area (Å²) in [5, 5.41) is 6.22. The topological polar surface area (TPSA) is 86.5 Å². The average molecular weight is 284 g/mol. The van der Waals surface area contributed by atoms with E-state index in [0.717, 1.165) is 11.3 Å². The second-order valence-corrected chi connectivity index (χ2v) is 6.03. The van der Waals surface area contributed by atoms with Crippen LogP contribution in [0.3, 0.4) is 0 Å². The van der Waals surface area contributed by atoms with E-state index >= 15 is 0 Å². The van der Waals surface area contributed by atoms with Crippen molar-refractivity contribution in [3.63, 3.8) is 0 Å². The number of hydrogen-bond acceptors (Lipinski definition) is 5. The van der Waals surface area contributed by atoms with Gasteiger partial charge in [-0.2, -0.15) is 0 Å². The summed E-state index contributed by atoms with van der Waals surface area (Å²) in [5.41, 5.74) is 0. The Morgan fingerprint density at radius 2 is 2.12 bits per heavy atom. The molecule has 1 aromatic rings. The van der Waals surface area contributed by atoms with Gasteiger partial charge in [0.2, 0.25) is 10.0 Å². The Hall–Kier alpha value is -0.630. The highest BCUT2D eigenvalue weighted by molar-refractivity contribution is 7.89. The van der Waals surface area contributed by atoms with Gasteiger partial charge in [-0.3, -0.25) is 0 Å². The molecule has 1 rings (SSSR count).